The lowest BCUT2D eigenvalue weighted by atomic mass is 9.90. The van der Waals surface area contributed by atoms with Crippen LogP contribution in [0.1, 0.15) is 47.0 Å². The molecule has 31 heavy (non-hydrogen) atoms. The van der Waals surface area contributed by atoms with E-state index in [2.05, 4.69) is 15.0 Å². The summed E-state index contributed by atoms with van der Waals surface area (Å²) in [5, 5.41) is 4.83. The van der Waals surface area contributed by atoms with E-state index in [0.717, 1.165) is 55.9 Å². The number of aromatic nitrogens is 2. The standard InChI is InChI=1S/C23H23ClN4O2.ClH/c24-18-6-2-5-17(12-18)21-26-22(30-27-21)19-13-23(19)7-9-28(10-8-23)14-15-3-1-4-16(11-15)20(25)29;/h1-6,11-12,19H,7-10,13-14H2,(H2,25,29);1H. The second-order valence-electron chi connectivity index (χ2n) is 8.43. The number of rotatable bonds is 5. The normalized spacial score (nSPS) is 19.7. The third kappa shape index (κ3) is 4.47. The number of nitrogens with zero attached hydrogens (tertiary/aromatic N) is 3. The molecule has 6 nitrogen and oxygen atoms in total. The molecule has 2 aromatic carbocycles. The number of carbonyl (C=O) groups excluding carboxylic acids is 1. The monoisotopic (exact) mass is 458 g/mol. The van der Waals surface area contributed by atoms with Gasteiger partial charge in [0, 0.05) is 28.6 Å². The Bertz CT molecular complexity index is 1090. The molecule has 1 amide bonds. The molecule has 1 aliphatic carbocycles. The van der Waals surface area contributed by atoms with Crippen LogP contribution in [-0.2, 0) is 6.54 Å². The number of primary amides is 1. The first-order chi connectivity index (χ1) is 14.5. The van der Waals surface area contributed by atoms with Crippen LogP contribution < -0.4 is 5.73 Å². The molecule has 0 radical (unpaired) electrons. The first-order valence-electron chi connectivity index (χ1n) is 10.2. The molecule has 1 aliphatic heterocycles. The second-order valence-corrected chi connectivity index (χ2v) is 8.86. The summed E-state index contributed by atoms with van der Waals surface area (Å²) < 4.78 is 5.61. The minimum Gasteiger partial charge on any atom is -0.366 e. The number of halogens is 2. The molecule has 2 N–H and O–H groups in total. The van der Waals surface area contributed by atoms with Crippen molar-refractivity contribution < 1.29 is 9.32 Å². The minimum atomic E-state index is -0.382. The number of piperidine rings is 1. The van der Waals surface area contributed by atoms with Gasteiger partial charge in [-0.3, -0.25) is 9.69 Å². The predicted octanol–water partition coefficient (Wildman–Crippen LogP) is 4.68. The van der Waals surface area contributed by atoms with Crippen LogP contribution >= 0.6 is 24.0 Å². The topological polar surface area (TPSA) is 85.3 Å². The lowest BCUT2D eigenvalue weighted by Gasteiger charge is -2.32. The summed E-state index contributed by atoms with van der Waals surface area (Å²) in [6.45, 7) is 2.88. The van der Waals surface area contributed by atoms with Gasteiger partial charge in [0.25, 0.3) is 0 Å². The van der Waals surface area contributed by atoms with E-state index >= 15 is 0 Å². The van der Waals surface area contributed by atoms with E-state index in [1.807, 2.05) is 42.5 Å². The number of likely N-dealkylation sites (tertiary alicyclic amines) is 1. The van der Waals surface area contributed by atoms with Crippen molar-refractivity contribution in [3.63, 3.8) is 0 Å². The van der Waals surface area contributed by atoms with Crippen LogP contribution in [0.3, 0.4) is 0 Å². The highest BCUT2D eigenvalue weighted by molar-refractivity contribution is 6.30. The van der Waals surface area contributed by atoms with E-state index < -0.39 is 0 Å². The first kappa shape index (κ1) is 21.8. The summed E-state index contributed by atoms with van der Waals surface area (Å²) >= 11 is 6.08. The van der Waals surface area contributed by atoms with Crippen LogP contribution in [0.2, 0.25) is 5.02 Å². The minimum absolute atomic E-state index is 0. The van der Waals surface area contributed by atoms with Crippen LogP contribution in [0.4, 0.5) is 0 Å². The fourth-order valence-corrected chi connectivity index (χ4v) is 4.80. The molecule has 0 bridgehead atoms. The molecule has 2 heterocycles. The number of nitrogens with two attached hydrogens (primary N) is 1. The Labute approximate surface area is 192 Å². The SMILES string of the molecule is Cl.NC(=O)c1cccc(CN2CCC3(CC2)CC3c2nc(-c3cccc(Cl)c3)no2)c1. The van der Waals surface area contributed by atoms with Gasteiger partial charge in [-0.15, -0.1) is 12.4 Å². The van der Waals surface area contributed by atoms with E-state index in [1.54, 1.807) is 6.07 Å². The van der Waals surface area contributed by atoms with Crippen molar-refractivity contribution in [2.24, 2.45) is 11.1 Å². The molecule has 3 aromatic rings. The first-order valence-corrected chi connectivity index (χ1v) is 10.6. The van der Waals surface area contributed by atoms with Crippen molar-refractivity contribution in [3.05, 3.63) is 70.6 Å². The van der Waals surface area contributed by atoms with Crippen LogP contribution in [0.15, 0.2) is 53.1 Å². The Hall–Kier alpha value is -2.41. The number of hydrogen-bond acceptors (Lipinski definition) is 5. The van der Waals surface area contributed by atoms with Gasteiger partial charge in [0.05, 0.1) is 0 Å². The largest absolute Gasteiger partial charge is 0.366 e. The Kier molecular flexibility index (Phi) is 6.06. The molecule has 1 unspecified atom stereocenters. The fraction of sp³-hybridized carbons (Fsp3) is 0.348. The molecule has 2 aliphatic rings. The number of benzene rings is 2. The fourth-order valence-electron chi connectivity index (χ4n) is 4.61. The van der Waals surface area contributed by atoms with Crippen molar-refractivity contribution in [1.82, 2.24) is 15.0 Å². The summed E-state index contributed by atoms with van der Waals surface area (Å²) in [6.07, 6.45) is 3.33. The van der Waals surface area contributed by atoms with Crippen molar-refractivity contribution in [1.29, 1.82) is 0 Å². The Morgan fingerprint density at radius 2 is 1.97 bits per heavy atom. The van der Waals surface area contributed by atoms with Gasteiger partial charge in [0.15, 0.2) is 0 Å². The average molecular weight is 459 g/mol. The zero-order valence-corrected chi connectivity index (χ0v) is 18.5. The van der Waals surface area contributed by atoms with Gasteiger partial charge in [-0.25, -0.2) is 0 Å². The summed E-state index contributed by atoms with van der Waals surface area (Å²) in [6, 6.07) is 15.1. The predicted molar refractivity (Wildman–Crippen MR) is 121 cm³/mol. The van der Waals surface area contributed by atoms with E-state index in [0.29, 0.717) is 22.3 Å². The number of amides is 1. The van der Waals surface area contributed by atoms with E-state index in [1.165, 1.54) is 0 Å². The van der Waals surface area contributed by atoms with Crippen LogP contribution in [0, 0.1) is 5.41 Å². The second kappa shape index (κ2) is 8.61. The van der Waals surface area contributed by atoms with Crippen molar-refractivity contribution in [3.8, 4) is 11.4 Å². The smallest absolute Gasteiger partial charge is 0.248 e. The molecule has 162 valence electrons. The van der Waals surface area contributed by atoms with Crippen LogP contribution in [0.25, 0.3) is 11.4 Å². The molecule has 1 spiro atoms. The Morgan fingerprint density at radius 1 is 1.19 bits per heavy atom. The van der Waals surface area contributed by atoms with Gasteiger partial charge in [0.2, 0.25) is 17.6 Å². The lowest BCUT2D eigenvalue weighted by molar-refractivity contribution is 0.1000. The van der Waals surface area contributed by atoms with Crippen LogP contribution in [0.5, 0.6) is 0 Å². The zero-order chi connectivity index (χ0) is 20.7. The van der Waals surface area contributed by atoms with Crippen molar-refractivity contribution in [2.75, 3.05) is 13.1 Å². The summed E-state index contributed by atoms with van der Waals surface area (Å²) in [4.78, 5) is 18.5. The van der Waals surface area contributed by atoms with Gasteiger partial charge in [0.1, 0.15) is 0 Å². The van der Waals surface area contributed by atoms with Gasteiger partial charge in [-0.05, 0) is 67.6 Å². The van der Waals surface area contributed by atoms with Crippen molar-refractivity contribution >= 4 is 29.9 Å². The maximum absolute atomic E-state index is 11.4. The summed E-state index contributed by atoms with van der Waals surface area (Å²) in [5.74, 6) is 1.30. The molecule has 1 saturated heterocycles. The quantitative estimate of drug-likeness (QED) is 0.599. The average Bonchev–Trinajstić information content (AvgIpc) is 3.21. The molecule has 5 rings (SSSR count). The Balaban J connectivity index is 0.00000231. The highest BCUT2D eigenvalue weighted by Gasteiger charge is 2.58. The van der Waals surface area contributed by atoms with Crippen molar-refractivity contribution in [2.45, 2.75) is 31.7 Å². The zero-order valence-electron chi connectivity index (χ0n) is 17.0. The molecular weight excluding hydrogens is 435 g/mol. The van der Waals surface area contributed by atoms with Gasteiger partial charge in [-0.2, -0.15) is 4.98 Å². The summed E-state index contributed by atoms with van der Waals surface area (Å²) in [5.41, 5.74) is 8.24. The molecule has 2 fully saturated rings. The maximum atomic E-state index is 11.4. The maximum Gasteiger partial charge on any atom is 0.248 e. The van der Waals surface area contributed by atoms with Gasteiger partial charge in [-0.1, -0.05) is 41.0 Å². The van der Waals surface area contributed by atoms with E-state index in [9.17, 15) is 4.79 Å². The third-order valence-electron chi connectivity index (χ3n) is 6.48. The van der Waals surface area contributed by atoms with E-state index in [4.69, 9.17) is 21.9 Å². The van der Waals surface area contributed by atoms with Gasteiger partial charge < -0.3 is 10.3 Å². The molecule has 1 saturated carbocycles. The highest BCUT2D eigenvalue weighted by Crippen LogP contribution is 2.64. The highest BCUT2D eigenvalue weighted by atomic mass is 35.5. The number of hydrogen-bond donors (Lipinski definition) is 1. The Morgan fingerprint density at radius 3 is 2.71 bits per heavy atom. The van der Waals surface area contributed by atoms with Gasteiger partial charge >= 0.3 is 0 Å². The molecule has 8 heteroatoms. The molecular formula is C23H24Cl2N4O2. The molecule has 1 atom stereocenters. The third-order valence-corrected chi connectivity index (χ3v) is 6.72. The van der Waals surface area contributed by atoms with Crippen LogP contribution in [-0.4, -0.2) is 34.0 Å². The van der Waals surface area contributed by atoms with E-state index in [-0.39, 0.29) is 23.7 Å². The number of carbonyl (C=O) groups is 1. The molecule has 1 aromatic heterocycles. The summed E-state index contributed by atoms with van der Waals surface area (Å²) in [7, 11) is 0. The lowest BCUT2D eigenvalue weighted by Crippen LogP contribution is -2.34.